The van der Waals surface area contributed by atoms with Crippen LogP contribution in [0.2, 0.25) is 0 Å². The second-order valence-corrected chi connectivity index (χ2v) is 6.27. The van der Waals surface area contributed by atoms with Gasteiger partial charge in [-0.25, -0.2) is 4.98 Å². The van der Waals surface area contributed by atoms with E-state index in [4.69, 9.17) is 11.4 Å². The lowest BCUT2D eigenvalue weighted by molar-refractivity contribution is 0.679. The molecule has 0 unspecified atom stereocenters. The van der Waals surface area contributed by atoms with Crippen molar-refractivity contribution in [3.8, 4) is 12.3 Å². The molecule has 0 bridgehead atoms. The Morgan fingerprint density at radius 2 is 2.24 bits per heavy atom. The van der Waals surface area contributed by atoms with Gasteiger partial charge in [0, 0.05) is 24.4 Å². The number of hydrogen-bond acceptors (Lipinski definition) is 3. The Morgan fingerprint density at radius 3 is 3.00 bits per heavy atom. The lowest BCUT2D eigenvalue weighted by Gasteiger charge is -2.08. The van der Waals surface area contributed by atoms with Crippen molar-refractivity contribution in [3.63, 3.8) is 0 Å². The molecule has 0 atom stereocenters. The van der Waals surface area contributed by atoms with Crippen LogP contribution in [0.1, 0.15) is 41.8 Å². The van der Waals surface area contributed by atoms with E-state index in [1.807, 2.05) is 18.3 Å². The Bertz CT molecular complexity index is 489. The second-order valence-electron chi connectivity index (χ2n) is 5.11. The van der Waals surface area contributed by atoms with Crippen molar-refractivity contribution in [1.29, 1.82) is 0 Å². The van der Waals surface area contributed by atoms with Crippen molar-refractivity contribution in [2.45, 2.75) is 45.4 Å². The minimum atomic E-state index is 0.505. The molecule has 0 saturated carbocycles. The van der Waals surface area contributed by atoms with Crippen LogP contribution in [-0.2, 0) is 19.3 Å². The van der Waals surface area contributed by atoms with Gasteiger partial charge in [0.1, 0.15) is 0 Å². The molecule has 1 heterocycles. The quantitative estimate of drug-likeness (QED) is 0.366. The Balaban J connectivity index is 1.77. The summed E-state index contributed by atoms with van der Waals surface area (Å²) in [5.41, 5.74) is 1.36. The largest absolute Gasteiger partial charge is 0.357 e. The highest BCUT2D eigenvalue weighted by atomic mass is 32.1. The summed E-state index contributed by atoms with van der Waals surface area (Å²) in [4.78, 5) is 10.8. The molecule has 1 aliphatic carbocycles. The van der Waals surface area contributed by atoms with E-state index < -0.39 is 0 Å². The highest BCUT2D eigenvalue weighted by Crippen LogP contribution is 2.27. The van der Waals surface area contributed by atoms with Crippen LogP contribution in [0, 0.1) is 12.3 Å². The molecule has 0 saturated heterocycles. The molecule has 2 rings (SSSR count). The number of aliphatic imine (C=N–C) groups is 1. The van der Waals surface area contributed by atoms with Crippen molar-refractivity contribution in [2.24, 2.45) is 4.99 Å². The summed E-state index contributed by atoms with van der Waals surface area (Å²) in [7, 11) is 0. The fourth-order valence-electron chi connectivity index (χ4n) is 2.41. The van der Waals surface area contributed by atoms with E-state index in [-0.39, 0.29) is 0 Å². The molecule has 1 aliphatic rings. The molecule has 0 spiro atoms. The van der Waals surface area contributed by atoms with Gasteiger partial charge in [0.25, 0.3) is 0 Å². The lowest BCUT2D eigenvalue weighted by atomic mass is 10.0. The Hall–Kier alpha value is -1.54. The zero-order chi connectivity index (χ0) is 14.9. The highest BCUT2D eigenvalue weighted by Gasteiger charge is 2.14. The Labute approximate surface area is 131 Å². The van der Waals surface area contributed by atoms with Gasteiger partial charge in [0.05, 0.1) is 17.2 Å². The normalized spacial score (nSPS) is 14.4. The molecule has 0 fully saturated rings. The summed E-state index contributed by atoms with van der Waals surface area (Å²) in [5.74, 6) is 3.36. The zero-order valence-corrected chi connectivity index (χ0v) is 13.6. The van der Waals surface area contributed by atoms with Crippen LogP contribution in [0.4, 0.5) is 0 Å². The van der Waals surface area contributed by atoms with E-state index in [0.717, 1.165) is 31.9 Å². The number of aromatic nitrogens is 1. The van der Waals surface area contributed by atoms with Crippen molar-refractivity contribution >= 4 is 17.3 Å². The van der Waals surface area contributed by atoms with Crippen molar-refractivity contribution in [3.05, 3.63) is 15.6 Å². The molecule has 0 radical (unpaired) electrons. The maximum atomic E-state index is 5.25. The number of terminal acetylenes is 1. The number of thiazole rings is 1. The first-order valence-corrected chi connectivity index (χ1v) is 8.58. The van der Waals surface area contributed by atoms with Crippen molar-refractivity contribution < 1.29 is 0 Å². The van der Waals surface area contributed by atoms with Gasteiger partial charge >= 0.3 is 0 Å². The smallest absolute Gasteiger partial charge is 0.192 e. The summed E-state index contributed by atoms with van der Waals surface area (Å²) in [6.45, 7) is 4.19. The van der Waals surface area contributed by atoms with E-state index in [0.29, 0.717) is 6.54 Å². The summed E-state index contributed by atoms with van der Waals surface area (Å²) < 4.78 is 0. The minimum Gasteiger partial charge on any atom is -0.357 e. The number of nitrogens with one attached hydrogen (secondary N) is 2. The van der Waals surface area contributed by atoms with Crippen LogP contribution in [0.25, 0.3) is 0 Å². The van der Waals surface area contributed by atoms with Crippen LogP contribution in [0.15, 0.2) is 4.99 Å². The van der Waals surface area contributed by atoms with Gasteiger partial charge in [-0.3, -0.25) is 4.99 Å². The van der Waals surface area contributed by atoms with Gasteiger partial charge in [-0.05, 0) is 39.0 Å². The predicted molar refractivity (Wildman–Crippen MR) is 89.9 cm³/mol. The van der Waals surface area contributed by atoms with E-state index in [9.17, 15) is 0 Å². The molecular weight excluding hydrogens is 280 g/mol. The summed E-state index contributed by atoms with van der Waals surface area (Å²) in [5, 5.41) is 7.56. The van der Waals surface area contributed by atoms with Gasteiger partial charge in [0.2, 0.25) is 0 Å². The molecule has 114 valence electrons. The van der Waals surface area contributed by atoms with Crippen LogP contribution in [-0.4, -0.2) is 30.6 Å². The number of fused-ring (bicyclic) bond motifs is 1. The van der Waals surface area contributed by atoms with Gasteiger partial charge in [-0.2, -0.15) is 0 Å². The summed E-state index contributed by atoms with van der Waals surface area (Å²) >= 11 is 1.90. The van der Waals surface area contributed by atoms with E-state index in [1.165, 1.54) is 41.3 Å². The number of aryl methyl sites for hydroxylation is 3. The molecule has 4 nitrogen and oxygen atoms in total. The first-order chi connectivity index (χ1) is 10.3. The third-order valence-electron chi connectivity index (χ3n) is 3.41. The number of hydrogen-bond donors (Lipinski definition) is 2. The third-order valence-corrected chi connectivity index (χ3v) is 4.63. The molecule has 1 aromatic heterocycles. The molecule has 21 heavy (non-hydrogen) atoms. The van der Waals surface area contributed by atoms with Gasteiger partial charge in [-0.1, -0.05) is 5.92 Å². The Morgan fingerprint density at radius 1 is 1.38 bits per heavy atom. The van der Waals surface area contributed by atoms with E-state index in [1.54, 1.807) is 0 Å². The maximum Gasteiger partial charge on any atom is 0.192 e. The van der Waals surface area contributed by atoms with Crippen LogP contribution < -0.4 is 10.6 Å². The average molecular weight is 304 g/mol. The molecule has 0 amide bonds. The molecule has 1 aromatic rings. The van der Waals surface area contributed by atoms with E-state index in [2.05, 4.69) is 21.5 Å². The molecule has 0 aromatic carbocycles. The lowest BCUT2D eigenvalue weighted by Crippen LogP contribution is -2.37. The fourth-order valence-corrected chi connectivity index (χ4v) is 3.61. The Kier molecular flexibility index (Phi) is 6.55. The van der Waals surface area contributed by atoms with Gasteiger partial charge in [0.15, 0.2) is 5.96 Å². The topological polar surface area (TPSA) is 49.3 Å². The highest BCUT2D eigenvalue weighted by molar-refractivity contribution is 7.11. The predicted octanol–water partition coefficient (Wildman–Crippen LogP) is 2.14. The summed E-state index contributed by atoms with van der Waals surface area (Å²) in [6.07, 6.45) is 12.3. The minimum absolute atomic E-state index is 0.505. The first-order valence-electron chi connectivity index (χ1n) is 7.76. The summed E-state index contributed by atoms with van der Waals surface area (Å²) in [6, 6.07) is 0. The number of guanidine groups is 1. The fraction of sp³-hybridized carbons (Fsp3) is 0.625. The molecule has 5 heteroatoms. The van der Waals surface area contributed by atoms with Crippen LogP contribution >= 0.6 is 11.3 Å². The van der Waals surface area contributed by atoms with E-state index >= 15 is 0 Å². The van der Waals surface area contributed by atoms with Gasteiger partial charge in [-0.15, -0.1) is 17.8 Å². The SMILES string of the molecule is C#CCNC(=NCCCc1nc2c(s1)CCCC2)NCC. The standard InChI is InChI=1S/C16H24N4S/c1-3-11-18-16(17-4-2)19-12-7-10-15-20-13-8-5-6-9-14(13)21-15/h1H,4-12H2,2H3,(H2,17,18,19). The third kappa shape index (κ3) is 5.05. The number of rotatable bonds is 6. The van der Waals surface area contributed by atoms with Crippen LogP contribution in [0.5, 0.6) is 0 Å². The van der Waals surface area contributed by atoms with Crippen molar-refractivity contribution in [2.75, 3.05) is 19.6 Å². The zero-order valence-electron chi connectivity index (χ0n) is 12.7. The van der Waals surface area contributed by atoms with Gasteiger partial charge < -0.3 is 10.6 Å². The first kappa shape index (κ1) is 15.8. The number of nitrogens with zero attached hydrogens (tertiary/aromatic N) is 2. The molecule has 0 aliphatic heterocycles. The van der Waals surface area contributed by atoms with Crippen molar-refractivity contribution in [1.82, 2.24) is 15.6 Å². The average Bonchev–Trinajstić information content (AvgIpc) is 2.91. The maximum absolute atomic E-state index is 5.25. The monoisotopic (exact) mass is 304 g/mol. The molecule has 2 N–H and O–H groups in total. The second kappa shape index (κ2) is 8.68. The van der Waals surface area contributed by atoms with Crippen LogP contribution in [0.3, 0.4) is 0 Å². The molecular formula is C16H24N4S.